The highest BCUT2D eigenvalue weighted by Crippen LogP contribution is 2.44. The Bertz CT molecular complexity index is 505. The number of ether oxygens (including phenoxy) is 1. The average Bonchev–Trinajstić information content (AvgIpc) is 2.35. The van der Waals surface area contributed by atoms with Crippen molar-refractivity contribution in [3.05, 3.63) is 34.1 Å². The molecule has 1 aliphatic rings. The molecule has 1 fully saturated rings. The molecule has 1 saturated carbocycles. The van der Waals surface area contributed by atoms with E-state index in [4.69, 9.17) is 4.74 Å². The van der Waals surface area contributed by atoms with Crippen molar-refractivity contribution in [3.8, 4) is 0 Å². The van der Waals surface area contributed by atoms with Gasteiger partial charge in [-0.05, 0) is 12.5 Å². The molecular formula is C13H17FN2O3. The first kappa shape index (κ1) is 13.7. The molecule has 0 spiro atoms. The second-order valence-electron chi connectivity index (χ2n) is 5.40. The molecule has 2 unspecified atom stereocenters. The van der Waals surface area contributed by atoms with Crippen molar-refractivity contribution in [1.29, 1.82) is 0 Å². The number of halogens is 1. The third-order valence-corrected chi connectivity index (χ3v) is 3.96. The molecule has 0 aromatic heterocycles. The quantitative estimate of drug-likeness (QED) is 0.673. The van der Waals surface area contributed by atoms with E-state index in [-0.39, 0.29) is 23.2 Å². The van der Waals surface area contributed by atoms with Crippen LogP contribution >= 0.6 is 0 Å². The number of hydrogen-bond acceptors (Lipinski definition) is 4. The van der Waals surface area contributed by atoms with E-state index >= 15 is 0 Å². The molecule has 0 amide bonds. The lowest BCUT2D eigenvalue weighted by Gasteiger charge is -2.51. The summed E-state index contributed by atoms with van der Waals surface area (Å²) in [5.74, 6) is -0.606. The predicted molar refractivity (Wildman–Crippen MR) is 69.7 cm³/mol. The van der Waals surface area contributed by atoms with Gasteiger partial charge in [0.2, 0.25) is 0 Å². The maximum absolute atomic E-state index is 13.8. The molecule has 1 aromatic carbocycles. The Morgan fingerprint density at radius 2 is 2.21 bits per heavy atom. The molecule has 2 rings (SSSR count). The largest absolute Gasteiger partial charge is 0.381 e. The van der Waals surface area contributed by atoms with Crippen LogP contribution in [0.25, 0.3) is 0 Å². The van der Waals surface area contributed by atoms with Crippen LogP contribution in [0, 0.1) is 21.3 Å². The number of nitro benzene ring substituents is 1. The summed E-state index contributed by atoms with van der Waals surface area (Å²) in [5.41, 5.74) is -0.0490. The number of non-ortho nitro benzene ring substituents is 1. The Kier molecular flexibility index (Phi) is 3.45. The number of hydrogen-bond donors (Lipinski definition) is 1. The van der Waals surface area contributed by atoms with Crippen LogP contribution < -0.4 is 5.32 Å². The van der Waals surface area contributed by atoms with Crippen molar-refractivity contribution in [3.63, 3.8) is 0 Å². The van der Waals surface area contributed by atoms with E-state index in [1.54, 1.807) is 7.11 Å². The number of nitro groups is 1. The molecule has 6 heteroatoms. The fraction of sp³-hybridized carbons (Fsp3) is 0.538. The molecule has 0 radical (unpaired) electrons. The van der Waals surface area contributed by atoms with Gasteiger partial charge in [0.15, 0.2) is 5.82 Å². The first-order valence-corrected chi connectivity index (χ1v) is 6.09. The highest BCUT2D eigenvalue weighted by atomic mass is 19.1. The minimum atomic E-state index is -0.610. The third kappa shape index (κ3) is 2.40. The normalized spacial score (nSPS) is 24.6. The Labute approximate surface area is 110 Å². The van der Waals surface area contributed by atoms with E-state index in [0.717, 1.165) is 12.5 Å². The highest BCUT2D eigenvalue weighted by molar-refractivity contribution is 5.51. The molecule has 5 nitrogen and oxygen atoms in total. The van der Waals surface area contributed by atoms with Crippen LogP contribution in [0.15, 0.2) is 18.2 Å². The van der Waals surface area contributed by atoms with Gasteiger partial charge < -0.3 is 10.1 Å². The zero-order valence-corrected chi connectivity index (χ0v) is 11.1. The molecule has 0 bridgehead atoms. The average molecular weight is 268 g/mol. The van der Waals surface area contributed by atoms with Crippen LogP contribution in [0.4, 0.5) is 15.8 Å². The van der Waals surface area contributed by atoms with E-state index in [2.05, 4.69) is 5.32 Å². The first-order chi connectivity index (χ1) is 8.86. The van der Waals surface area contributed by atoms with E-state index in [9.17, 15) is 14.5 Å². The zero-order chi connectivity index (χ0) is 14.2. The second kappa shape index (κ2) is 4.77. The number of benzene rings is 1. The van der Waals surface area contributed by atoms with Gasteiger partial charge in [-0.3, -0.25) is 10.1 Å². The molecule has 0 aliphatic heterocycles. The molecule has 0 saturated heterocycles. The van der Waals surface area contributed by atoms with Crippen LogP contribution in [-0.4, -0.2) is 24.2 Å². The van der Waals surface area contributed by atoms with E-state index in [0.29, 0.717) is 5.69 Å². The van der Waals surface area contributed by atoms with Crippen LogP contribution in [-0.2, 0) is 4.74 Å². The maximum atomic E-state index is 13.8. The lowest BCUT2D eigenvalue weighted by atomic mass is 9.64. The summed E-state index contributed by atoms with van der Waals surface area (Å²) in [4.78, 5) is 9.93. The third-order valence-electron chi connectivity index (χ3n) is 3.96. The predicted octanol–water partition coefficient (Wildman–Crippen LogP) is 2.96. The number of nitrogens with one attached hydrogen (secondary N) is 1. The van der Waals surface area contributed by atoms with Crippen LogP contribution in [0.1, 0.15) is 20.3 Å². The van der Waals surface area contributed by atoms with Gasteiger partial charge in [-0.15, -0.1) is 0 Å². The Morgan fingerprint density at radius 3 is 2.68 bits per heavy atom. The van der Waals surface area contributed by atoms with Gasteiger partial charge in [-0.25, -0.2) is 4.39 Å². The number of nitrogens with zero attached hydrogens (tertiary/aromatic N) is 1. The summed E-state index contributed by atoms with van der Waals surface area (Å²) in [6.45, 7) is 4.09. The Morgan fingerprint density at radius 1 is 1.53 bits per heavy atom. The van der Waals surface area contributed by atoms with Gasteiger partial charge in [0.05, 0.1) is 22.8 Å². The summed E-state index contributed by atoms with van der Waals surface area (Å²) in [5, 5.41) is 13.6. The number of methoxy groups -OCH3 is 1. The van der Waals surface area contributed by atoms with Crippen LogP contribution in [0.3, 0.4) is 0 Å². The molecule has 0 heterocycles. The van der Waals surface area contributed by atoms with Crippen molar-refractivity contribution < 1.29 is 14.1 Å². The summed E-state index contributed by atoms with van der Waals surface area (Å²) in [7, 11) is 1.66. The Hall–Kier alpha value is -1.69. The minimum Gasteiger partial charge on any atom is -0.381 e. The van der Waals surface area contributed by atoms with Crippen molar-refractivity contribution in [2.24, 2.45) is 5.41 Å². The molecule has 1 N–H and O–H groups in total. The highest BCUT2D eigenvalue weighted by Gasteiger charge is 2.48. The molecule has 1 aliphatic carbocycles. The van der Waals surface area contributed by atoms with E-state index < -0.39 is 10.7 Å². The molecule has 2 atom stereocenters. The van der Waals surface area contributed by atoms with Gasteiger partial charge in [0.25, 0.3) is 5.69 Å². The van der Waals surface area contributed by atoms with Crippen molar-refractivity contribution >= 4 is 11.4 Å². The maximum Gasteiger partial charge on any atom is 0.272 e. The van der Waals surface area contributed by atoms with Gasteiger partial charge >= 0.3 is 0 Å². The second-order valence-corrected chi connectivity index (χ2v) is 5.40. The number of rotatable bonds is 4. The van der Waals surface area contributed by atoms with Crippen molar-refractivity contribution in [2.75, 3.05) is 12.4 Å². The molecular weight excluding hydrogens is 251 g/mol. The van der Waals surface area contributed by atoms with Crippen LogP contribution in [0.2, 0.25) is 0 Å². The summed E-state index contributed by atoms with van der Waals surface area (Å²) in [6, 6.07) is 3.73. The standard InChI is InChI=1S/C13H17FN2O3/c1-13(2)11(7-12(13)19-3)15-10-5-4-8(16(17)18)6-9(10)14/h4-6,11-12,15H,7H2,1-3H3. The first-order valence-electron chi connectivity index (χ1n) is 6.09. The zero-order valence-electron chi connectivity index (χ0n) is 11.1. The molecule has 1 aromatic rings. The van der Waals surface area contributed by atoms with Crippen molar-refractivity contribution in [1.82, 2.24) is 0 Å². The number of anilines is 1. The SMILES string of the molecule is COC1CC(Nc2ccc([N+](=O)[O-])cc2F)C1(C)C. The minimum absolute atomic E-state index is 0.0911. The van der Waals surface area contributed by atoms with E-state index in [1.165, 1.54) is 12.1 Å². The van der Waals surface area contributed by atoms with Gasteiger partial charge in [-0.2, -0.15) is 0 Å². The van der Waals surface area contributed by atoms with Gasteiger partial charge in [0.1, 0.15) is 0 Å². The monoisotopic (exact) mass is 268 g/mol. The fourth-order valence-electron chi connectivity index (χ4n) is 2.45. The van der Waals surface area contributed by atoms with Gasteiger partial charge in [0, 0.05) is 24.6 Å². The lowest BCUT2D eigenvalue weighted by molar-refractivity contribution is -0.385. The summed E-state index contributed by atoms with van der Waals surface area (Å²) in [6.07, 6.45) is 0.936. The fourth-order valence-corrected chi connectivity index (χ4v) is 2.45. The van der Waals surface area contributed by atoms with Crippen LogP contribution in [0.5, 0.6) is 0 Å². The van der Waals surface area contributed by atoms with E-state index in [1.807, 2.05) is 13.8 Å². The van der Waals surface area contributed by atoms with Gasteiger partial charge in [-0.1, -0.05) is 13.8 Å². The topological polar surface area (TPSA) is 64.4 Å². The molecule has 104 valence electrons. The summed E-state index contributed by atoms with van der Waals surface area (Å²) >= 11 is 0. The Balaban J connectivity index is 2.11. The van der Waals surface area contributed by atoms with Crippen molar-refractivity contribution in [2.45, 2.75) is 32.4 Å². The lowest BCUT2D eigenvalue weighted by Crippen LogP contribution is -2.57. The molecule has 19 heavy (non-hydrogen) atoms. The smallest absolute Gasteiger partial charge is 0.272 e. The summed E-state index contributed by atoms with van der Waals surface area (Å²) < 4.78 is 19.1.